The van der Waals surface area contributed by atoms with Crippen molar-refractivity contribution < 1.29 is 22.5 Å². The van der Waals surface area contributed by atoms with Crippen molar-refractivity contribution >= 4 is 16.1 Å². The van der Waals surface area contributed by atoms with Crippen LogP contribution in [0.3, 0.4) is 0 Å². The van der Waals surface area contributed by atoms with Crippen molar-refractivity contribution in [1.29, 1.82) is 0 Å². The largest absolute Gasteiger partial charge is 0.379 e. The van der Waals surface area contributed by atoms with E-state index in [0.717, 1.165) is 12.8 Å². The van der Waals surface area contributed by atoms with Gasteiger partial charge in [-0.15, -0.1) is 0 Å². The molecule has 0 aromatic carbocycles. The van der Waals surface area contributed by atoms with Crippen LogP contribution in [0.1, 0.15) is 51.2 Å². The van der Waals surface area contributed by atoms with Crippen LogP contribution >= 0.6 is 0 Å². The number of aromatic nitrogens is 2. The van der Waals surface area contributed by atoms with Crippen molar-refractivity contribution in [2.75, 3.05) is 45.9 Å². The van der Waals surface area contributed by atoms with Crippen molar-refractivity contribution in [1.82, 2.24) is 23.7 Å². The Balaban J connectivity index is 1.64. The third-order valence-corrected chi connectivity index (χ3v) is 7.38. The summed E-state index contributed by atoms with van der Waals surface area (Å²) in [5, 5.41) is 3.98. The van der Waals surface area contributed by atoms with Crippen molar-refractivity contribution in [3.8, 4) is 0 Å². The number of carbonyl (C=O) groups is 1. The molecule has 1 atom stereocenters. The van der Waals surface area contributed by atoms with Gasteiger partial charge in [0.2, 0.25) is 11.8 Å². The Morgan fingerprint density at radius 2 is 1.97 bits per heavy atom. The monoisotopic (exact) mass is 429 g/mol. The summed E-state index contributed by atoms with van der Waals surface area (Å²) in [6.07, 6.45) is 1.97. The standard InChI is InChI=1S/C18H31N5O5S/c1-14(2)18-19-17(20-28-18)6-8-23(15(3)24)16-5-4-7-22(13-16)29(25,26)21-9-11-27-12-10-21/h14,16H,4-13H2,1-3H3. The molecule has 2 aliphatic rings. The van der Waals surface area contributed by atoms with Gasteiger partial charge in [0, 0.05) is 58.0 Å². The van der Waals surface area contributed by atoms with Gasteiger partial charge in [-0.1, -0.05) is 19.0 Å². The Morgan fingerprint density at radius 1 is 1.24 bits per heavy atom. The molecule has 29 heavy (non-hydrogen) atoms. The lowest BCUT2D eigenvalue weighted by atomic mass is 10.1. The van der Waals surface area contributed by atoms with Gasteiger partial charge in [0.05, 0.1) is 13.2 Å². The molecule has 0 bridgehead atoms. The number of hydrogen-bond donors (Lipinski definition) is 0. The molecule has 3 rings (SSSR count). The Morgan fingerprint density at radius 3 is 2.59 bits per heavy atom. The van der Waals surface area contributed by atoms with Gasteiger partial charge < -0.3 is 14.2 Å². The van der Waals surface area contributed by atoms with Crippen molar-refractivity contribution in [3.05, 3.63) is 11.7 Å². The summed E-state index contributed by atoms with van der Waals surface area (Å²) in [5.41, 5.74) is 0. The molecule has 1 amide bonds. The van der Waals surface area contributed by atoms with E-state index in [9.17, 15) is 13.2 Å². The fourth-order valence-corrected chi connectivity index (χ4v) is 5.40. The molecule has 0 spiro atoms. The van der Waals surface area contributed by atoms with E-state index < -0.39 is 10.2 Å². The molecule has 1 unspecified atom stereocenters. The molecule has 1 aromatic rings. The van der Waals surface area contributed by atoms with E-state index in [4.69, 9.17) is 9.26 Å². The second-order valence-electron chi connectivity index (χ2n) is 7.84. The number of hydrogen-bond acceptors (Lipinski definition) is 7. The first-order chi connectivity index (χ1) is 13.8. The summed E-state index contributed by atoms with van der Waals surface area (Å²) in [6.45, 7) is 8.26. The van der Waals surface area contributed by atoms with Crippen LogP contribution in [0.2, 0.25) is 0 Å². The van der Waals surface area contributed by atoms with E-state index in [0.29, 0.717) is 64.1 Å². The number of amides is 1. The molecule has 11 heteroatoms. The highest BCUT2D eigenvalue weighted by Crippen LogP contribution is 2.22. The van der Waals surface area contributed by atoms with Crippen molar-refractivity contribution in [2.24, 2.45) is 0 Å². The summed E-state index contributed by atoms with van der Waals surface area (Å²) < 4.78 is 39.4. The maximum atomic E-state index is 13.0. The molecule has 10 nitrogen and oxygen atoms in total. The molecule has 2 fully saturated rings. The molecular weight excluding hydrogens is 398 g/mol. The van der Waals surface area contributed by atoms with Gasteiger partial charge in [0.15, 0.2) is 5.82 Å². The zero-order valence-electron chi connectivity index (χ0n) is 17.4. The molecule has 1 aromatic heterocycles. The van der Waals surface area contributed by atoms with Crippen LogP contribution in [0.4, 0.5) is 0 Å². The smallest absolute Gasteiger partial charge is 0.282 e. The fraction of sp³-hybridized carbons (Fsp3) is 0.833. The Bertz CT molecular complexity index is 790. The van der Waals surface area contributed by atoms with Crippen LogP contribution in [0.15, 0.2) is 4.52 Å². The lowest BCUT2D eigenvalue weighted by molar-refractivity contribution is -0.131. The molecule has 0 radical (unpaired) electrons. The molecule has 0 saturated carbocycles. The number of ether oxygens (including phenoxy) is 1. The third-order valence-electron chi connectivity index (χ3n) is 5.38. The molecule has 3 heterocycles. The van der Waals surface area contributed by atoms with Crippen LogP contribution in [-0.2, 0) is 26.2 Å². The number of morpholine rings is 1. The van der Waals surface area contributed by atoms with E-state index in [1.807, 2.05) is 13.8 Å². The summed E-state index contributed by atoms with van der Waals surface area (Å²) >= 11 is 0. The highest BCUT2D eigenvalue weighted by Gasteiger charge is 2.36. The van der Waals surface area contributed by atoms with E-state index in [-0.39, 0.29) is 17.9 Å². The second-order valence-corrected chi connectivity index (χ2v) is 9.77. The van der Waals surface area contributed by atoms with Crippen LogP contribution in [0.5, 0.6) is 0 Å². The topological polar surface area (TPSA) is 109 Å². The first-order valence-corrected chi connectivity index (χ1v) is 11.6. The number of piperidine rings is 1. The molecule has 2 aliphatic heterocycles. The summed E-state index contributed by atoms with van der Waals surface area (Å²) in [7, 11) is -3.54. The SMILES string of the molecule is CC(=O)N(CCc1noc(C(C)C)n1)C1CCCN(S(=O)(=O)N2CCOCC2)C1. The van der Waals surface area contributed by atoms with Crippen LogP contribution < -0.4 is 0 Å². The Hall–Kier alpha value is -1.56. The van der Waals surface area contributed by atoms with Gasteiger partial charge >= 0.3 is 0 Å². The Kier molecular flexibility index (Phi) is 7.25. The second kappa shape index (κ2) is 9.50. The quantitative estimate of drug-likeness (QED) is 0.625. The maximum Gasteiger partial charge on any atom is 0.282 e. The fourth-order valence-electron chi connectivity index (χ4n) is 3.75. The molecule has 0 N–H and O–H groups in total. The highest BCUT2D eigenvalue weighted by atomic mass is 32.2. The van der Waals surface area contributed by atoms with Crippen LogP contribution in [0, 0.1) is 0 Å². The molecule has 0 aliphatic carbocycles. The van der Waals surface area contributed by atoms with Crippen LogP contribution in [-0.4, -0.2) is 90.0 Å². The molecular formula is C18H31N5O5S. The minimum atomic E-state index is -3.54. The minimum Gasteiger partial charge on any atom is -0.379 e. The van der Waals surface area contributed by atoms with Crippen molar-refractivity contribution in [3.63, 3.8) is 0 Å². The van der Waals surface area contributed by atoms with E-state index in [1.54, 1.807) is 4.90 Å². The number of carbonyl (C=O) groups excluding carboxylic acids is 1. The first-order valence-electron chi connectivity index (χ1n) is 10.2. The zero-order valence-corrected chi connectivity index (χ0v) is 18.2. The predicted molar refractivity (Wildman–Crippen MR) is 105 cm³/mol. The van der Waals surface area contributed by atoms with Gasteiger partial charge in [0.1, 0.15) is 0 Å². The maximum absolute atomic E-state index is 13.0. The van der Waals surface area contributed by atoms with E-state index in [2.05, 4.69) is 10.1 Å². The van der Waals surface area contributed by atoms with Gasteiger partial charge in [-0.3, -0.25) is 4.79 Å². The number of rotatable bonds is 7. The first kappa shape index (κ1) is 22.1. The summed E-state index contributed by atoms with van der Waals surface area (Å²) in [5.74, 6) is 1.22. The lowest BCUT2D eigenvalue weighted by Gasteiger charge is -2.40. The van der Waals surface area contributed by atoms with E-state index in [1.165, 1.54) is 15.5 Å². The molecule has 2 saturated heterocycles. The van der Waals surface area contributed by atoms with Crippen molar-refractivity contribution in [2.45, 2.75) is 52.0 Å². The highest BCUT2D eigenvalue weighted by molar-refractivity contribution is 7.86. The predicted octanol–water partition coefficient (Wildman–Crippen LogP) is 0.625. The average molecular weight is 430 g/mol. The normalized spacial score (nSPS) is 22.1. The average Bonchev–Trinajstić information content (AvgIpc) is 3.18. The van der Waals surface area contributed by atoms with Gasteiger partial charge in [0.25, 0.3) is 10.2 Å². The molecule has 164 valence electrons. The van der Waals surface area contributed by atoms with Gasteiger partial charge in [-0.2, -0.15) is 22.0 Å². The van der Waals surface area contributed by atoms with Crippen LogP contribution in [0.25, 0.3) is 0 Å². The zero-order chi connectivity index (χ0) is 21.0. The van der Waals surface area contributed by atoms with Gasteiger partial charge in [-0.05, 0) is 12.8 Å². The third kappa shape index (κ3) is 5.33. The van der Waals surface area contributed by atoms with Gasteiger partial charge in [-0.25, -0.2) is 0 Å². The lowest BCUT2D eigenvalue weighted by Crippen LogP contribution is -2.56. The summed E-state index contributed by atoms with van der Waals surface area (Å²) in [6, 6.07) is -0.159. The minimum absolute atomic E-state index is 0.0757. The summed E-state index contributed by atoms with van der Waals surface area (Å²) in [4.78, 5) is 18.4. The van der Waals surface area contributed by atoms with E-state index >= 15 is 0 Å². The number of nitrogens with zero attached hydrogens (tertiary/aromatic N) is 5. The Labute approximate surface area is 172 Å².